The summed E-state index contributed by atoms with van der Waals surface area (Å²) in [5, 5.41) is 3.10. The van der Waals surface area contributed by atoms with Gasteiger partial charge in [-0.05, 0) is 53.0 Å². The van der Waals surface area contributed by atoms with Gasteiger partial charge in [-0.15, -0.1) is 0 Å². The molecule has 1 spiro atoms. The molecule has 2 aliphatic heterocycles. The van der Waals surface area contributed by atoms with Crippen LogP contribution in [-0.4, -0.2) is 51.9 Å². The maximum atomic E-state index is 13.1. The number of piperazine rings is 1. The van der Waals surface area contributed by atoms with Crippen LogP contribution in [0.15, 0.2) is 69.9 Å². The molecule has 2 aliphatic rings. The number of rotatable bonds is 4. The van der Waals surface area contributed by atoms with E-state index in [2.05, 4.69) is 43.2 Å². The van der Waals surface area contributed by atoms with E-state index in [1.807, 2.05) is 60.3 Å². The van der Waals surface area contributed by atoms with Crippen LogP contribution in [-0.2, 0) is 18.4 Å². The molecule has 0 unspecified atom stereocenters. The van der Waals surface area contributed by atoms with Crippen LogP contribution < -0.4 is 15.8 Å². The Kier molecular flexibility index (Phi) is 5.88. The molecule has 2 saturated heterocycles. The standard InChI is InChI=1S/C25H28BrN5O2/c1-28-21(22(26)23(32)31(28)20-10-6-3-7-11-20)18-29-15-12-25(13-16-29)24(33)27-14-17-30(25)19-8-4-2-5-9-19/h2-11H,12-18H2,1H3,(H,27,33). The fraction of sp³-hybridized carbons (Fsp3) is 0.360. The highest BCUT2D eigenvalue weighted by atomic mass is 79.9. The first-order chi connectivity index (χ1) is 16.0. The number of hydrogen-bond donors (Lipinski definition) is 1. The Labute approximate surface area is 201 Å². The number of aromatic nitrogens is 2. The highest BCUT2D eigenvalue weighted by molar-refractivity contribution is 9.10. The van der Waals surface area contributed by atoms with Gasteiger partial charge in [0.1, 0.15) is 10.0 Å². The highest BCUT2D eigenvalue weighted by Gasteiger charge is 2.48. The third-order valence-electron chi connectivity index (χ3n) is 7.01. The minimum absolute atomic E-state index is 0.0610. The molecular formula is C25H28BrN5O2. The number of piperidine rings is 1. The van der Waals surface area contributed by atoms with E-state index in [4.69, 9.17) is 0 Å². The number of anilines is 1. The number of halogens is 1. The number of benzene rings is 2. The molecule has 5 rings (SSSR count). The second kappa shape index (κ2) is 8.83. The molecule has 2 fully saturated rings. The van der Waals surface area contributed by atoms with E-state index in [-0.39, 0.29) is 11.5 Å². The van der Waals surface area contributed by atoms with Crippen molar-refractivity contribution in [1.29, 1.82) is 0 Å². The minimum atomic E-state index is -0.519. The molecule has 0 aliphatic carbocycles. The zero-order chi connectivity index (χ0) is 23.0. The molecule has 3 aromatic rings. The van der Waals surface area contributed by atoms with Gasteiger partial charge in [-0.3, -0.25) is 19.2 Å². The first-order valence-electron chi connectivity index (χ1n) is 11.4. The lowest BCUT2D eigenvalue weighted by atomic mass is 9.82. The third-order valence-corrected chi connectivity index (χ3v) is 7.81. The van der Waals surface area contributed by atoms with Crippen LogP contribution in [0.4, 0.5) is 5.69 Å². The number of likely N-dealkylation sites (tertiary alicyclic amines) is 1. The maximum absolute atomic E-state index is 13.1. The molecular weight excluding hydrogens is 482 g/mol. The van der Waals surface area contributed by atoms with Crippen molar-refractivity contribution >= 4 is 27.5 Å². The van der Waals surface area contributed by atoms with Crippen LogP contribution in [0.2, 0.25) is 0 Å². The van der Waals surface area contributed by atoms with Gasteiger partial charge < -0.3 is 10.2 Å². The summed E-state index contributed by atoms with van der Waals surface area (Å²) in [5.74, 6) is 0.126. The Morgan fingerprint density at radius 3 is 2.15 bits per heavy atom. The molecule has 3 heterocycles. The summed E-state index contributed by atoms with van der Waals surface area (Å²) < 4.78 is 4.21. The Bertz CT molecular complexity index is 1200. The topological polar surface area (TPSA) is 62.5 Å². The molecule has 172 valence electrons. The van der Waals surface area contributed by atoms with E-state index in [1.54, 1.807) is 4.68 Å². The molecule has 1 aromatic heterocycles. The van der Waals surface area contributed by atoms with Crippen molar-refractivity contribution in [3.05, 3.63) is 81.2 Å². The van der Waals surface area contributed by atoms with Gasteiger partial charge in [-0.2, -0.15) is 0 Å². The fourth-order valence-electron chi connectivity index (χ4n) is 5.20. The molecule has 2 aromatic carbocycles. The summed E-state index contributed by atoms with van der Waals surface area (Å²) in [4.78, 5) is 30.7. The monoisotopic (exact) mass is 509 g/mol. The Balaban J connectivity index is 1.37. The number of carbonyl (C=O) groups is 1. The first kappa shape index (κ1) is 22.0. The number of amides is 1. The van der Waals surface area contributed by atoms with Gasteiger partial charge >= 0.3 is 0 Å². The fourth-order valence-corrected chi connectivity index (χ4v) is 5.75. The van der Waals surface area contributed by atoms with E-state index in [0.717, 1.165) is 49.5 Å². The normalized spacial score (nSPS) is 18.5. The zero-order valence-corrected chi connectivity index (χ0v) is 20.3. The van der Waals surface area contributed by atoms with Crippen molar-refractivity contribution in [3.8, 4) is 5.69 Å². The zero-order valence-electron chi connectivity index (χ0n) is 18.7. The largest absolute Gasteiger partial charge is 0.355 e. The number of hydrogen-bond acceptors (Lipinski definition) is 4. The maximum Gasteiger partial charge on any atom is 0.286 e. The quantitative estimate of drug-likeness (QED) is 0.587. The van der Waals surface area contributed by atoms with Crippen molar-refractivity contribution in [3.63, 3.8) is 0 Å². The molecule has 33 heavy (non-hydrogen) atoms. The lowest BCUT2D eigenvalue weighted by Crippen LogP contribution is -2.68. The number of para-hydroxylation sites is 2. The third kappa shape index (κ3) is 3.81. The lowest BCUT2D eigenvalue weighted by Gasteiger charge is -2.51. The lowest BCUT2D eigenvalue weighted by molar-refractivity contribution is -0.129. The van der Waals surface area contributed by atoms with Gasteiger partial charge in [-0.1, -0.05) is 36.4 Å². The highest BCUT2D eigenvalue weighted by Crippen LogP contribution is 2.35. The van der Waals surface area contributed by atoms with Gasteiger partial charge in [-0.25, -0.2) is 4.68 Å². The number of carbonyl (C=O) groups excluding carboxylic acids is 1. The molecule has 0 bridgehead atoms. The van der Waals surface area contributed by atoms with Crippen molar-refractivity contribution in [2.24, 2.45) is 7.05 Å². The van der Waals surface area contributed by atoms with Crippen LogP contribution >= 0.6 is 15.9 Å². The molecule has 8 heteroatoms. The van der Waals surface area contributed by atoms with Crippen molar-refractivity contribution in [2.75, 3.05) is 31.1 Å². The van der Waals surface area contributed by atoms with E-state index >= 15 is 0 Å². The van der Waals surface area contributed by atoms with Crippen LogP contribution in [0.3, 0.4) is 0 Å². The van der Waals surface area contributed by atoms with Crippen molar-refractivity contribution in [1.82, 2.24) is 19.6 Å². The SMILES string of the molecule is Cn1c(CN2CCC3(CC2)C(=O)NCCN3c2ccccc2)c(Br)c(=O)n1-c1ccccc1. The van der Waals surface area contributed by atoms with Gasteiger partial charge in [0.25, 0.3) is 5.56 Å². The molecule has 0 saturated carbocycles. The van der Waals surface area contributed by atoms with Crippen molar-refractivity contribution < 1.29 is 4.79 Å². The number of nitrogens with one attached hydrogen (secondary N) is 1. The molecule has 1 N–H and O–H groups in total. The van der Waals surface area contributed by atoms with E-state index < -0.39 is 5.54 Å². The summed E-state index contributed by atoms with van der Waals surface area (Å²) in [6, 6.07) is 19.9. The van der Waals surface area contributed by atoms with Crippen LogP contribution in [0, 0.1) is 0 Å². The molecule has 0 radical (unpaired) electrons. The summed E-state index contributed by atoms with van der Waals surface area (Å²) >= 11 is 3.54. The molecule has 1 amide bonds. The summed E-state index contributed by atoms with van der Waals surface area (Å²) in [7, 11) is 1.92. The average molecular weight is 510 g/mol. The summed E-state index contributed by atoms with van der Waals surface area (Å²) in [5.41, 5.74) is 2.30. The van der Waals surface area contributed by atoms with Gasteiger partial charge in [0.05, 0.1) is 11.4 Å². The Morgan fingerprint density at radius 2 is 1.52 bits per heavy atom. The first-order valence-corrected chi connectivity index (χ1v) is 12.2. The number of nitrogens with zero attached hydrogens (tertiary/aromatic N) is 4. The second-order valence-electron chi connectivity index (χ2n) is 8.79. The molecule has 7 nitrogen and oxygen atoms in total. The Hall–Kier alpha value is -2.84. The van der Waals surface area contributed by atoms with Crippen LogP contribution in [0.5, 0.6) is 0 Å². The van der Waals surface area contributed by atoms with Crippen LogP contribution in [0.25, 0.3) is 5.69 Å². The van der Waals surface area contributed by atoms with E-state index in [0.29, 0.717) is 17.6 Å². The summed E-state index contributed by atoms with van der Waals surface area (Å²) in [6.45, 7) is 3.70. The van der Waals surface area contributed by atoms with Gasteiger partial charge in [0.2, 0.25) is 5.91 Å². The predicted molar refractivity (Wildman–Crippen MR) is 133 cm³/mol. The predicted octanol–water partition coefficient (Wildman–Crippen LogP) is 2.91. The summed E-state index contributed by atoms with van der Waals surface area (Å²) in [6.07, 6.45) is 1.50. The van der Waals surface area contributed by atoms with E-state index in [9.17, 15) is 9.59 Å². The minimum Gasteiger partial charge on any atom is -0.355 e. The second-order valence-corrected chi connectivity index (χ2v) is 9.58. The molecule has 0 atom stereocenters. The van der Waals surface area contributed by atoms with E-state index in [1.165, 1.54) is 0 Å². The van der Waals surface area contributed by atoms with Crippen molar-refractivity contribution in [2.45, 2.75) is 24.9 Å². The Morgan fingerprint density at radius 1 is 0.909 bits per heavy atom. The van der Waals surface area contributed by atoms with Gasteiger partial charge in [0.15, 0.2) is 0 Å². The van der Waals surface area contributed by atoms with Crippen LogP contribution in [0.1, 0.15) is 18.5 Å². The van der Waals surface area contributed by atoms with Gasteiger partial charge in [0, 0.05) is 45.5 Å². The smallest absolute Gasteiger partial charge is 0.286 e. The average Bonchev–Trinajstić information content (AvgIpc) is 3.06.